The van der Waals surface area contributed by atoms with Crippen LogP contribution < -0.4 is 0 Å². The molecule has 2 aromatic rings. The van der Waals surface area contributed by atoms with Crippen LogP contribution >= 0.6 is 11.8 Å². The third-order valence-electron chi connectivity index (χ3n) is 3.46. The molecule has 0 spiro atoms. The second kappa shape index (κ2) is 5.71. The Morgan fingerprint density at radius 2 is 2.30 bits per heavy atom. The largest absolute Gasteiger partial charge is 0.467 e. The van der Waals surface area contributed by atoms with E-state index in [0.717, 1.165) is 23.4 Å². The van der Waals surface area contributed by atoms with Crippen molar-refractivity contribution in [2.45, 2.75) is 18.9 Å². The van der Waals surface area contributed by atoms with Gasteiger partial charge in [0.25, 0.3) is 0 Å². The number of aromatic nitrogens is 1. The Labute approximate surface area is 121 Å². The summed E-state index contributed by atoms with van der Waals surface area (Å²) in [4.78, 5) is 19.1. The van der Waals surface area contributed by atoms with Gasteiger partial charge in [0.15, 0.2) is 6.04 Å². The summed E-state index contributed by atoms with van der Waals surface area (Å²) < 4.78 is 4.73. The summed E-state index contributed by atoms with van der Waals surface area (Å²) in [6.07, 6.45) is 3.87. The van der Waals surface area contributed by atoms with Crippen LogP contribution in [-0.4, -0.2) is 34.9 Å². The molecule has 0 saturated carbocycles. The molecule has 1 aliphatic rings. The second-order valence-corrected chi connectivity index (χ2v) is 5.83. The van der Waals surface area contributed by atoms with Crippen LogP contribution in [0.5, 0.6) is 0 Å². The Balaban J connectivity index is 1.67. The Kier molecular flexibility index (Phi) is 3.78. The van der Waals surface area contributed by atoms with Crippen LogP contribution in [0.15, 0.2) is 35.5 Å². The van der Waals surface area contributed by atoms with Crippen molar-refractivity contribution < 1.29 is 9.53 Å². The number of hydrogen-bond donors (Lipinski definition) is 1. The molecule has 0 unspecified atom stereocenters. The number of carbonyl (C=O) groups is 1. The number of esters is 1. The van der Waals surface area contributed by atoms with Gasteiger partial charge in [-0.3, -0.25) is 4.99 Å². The molecular formula is C15H16N2O2S. The van der Waals surface area contributed by atoms with Gasteiger partial charge in [0, 0.05) is 22.9 Å². The summed E-state index contributed by atoms with van der Waals surface area (Å²) in [6, 6.07) is 7.97. The number of aromatic amines is 1. The SMILES string of the molecule is COC(=O)[C@@H]1CSC(CCc2c[nH]c3ccccc23)=N1. The molecule has 1 aromatic carbocycles. The Morgan fingerprint density at radius 3 is 3.15 bits per heavy atom. The van der Waals surface area contributed by atoms with Gasteiger partial charge in [-0.2, -0.15) is 0 Å². The van der Waals surface area contributed by atoms with Crippen LogP contribution in [0.4, 0.5) is 0 Å². The molecule has 4 nitrogen and oxygen atoms in total. The standard InChI is InChI=1S/C15H16N2O2S/c1-19-15(18)13-9-20-14(17-13)7-6-10-8-16-12-5-3-2-4-11(10)12/h2-5,8,13,16H,6-7,9H2,1H3/t13-/m0/s1. The molecule has 20 heavy (non-hydrogen) atoms. The topological polar surface area (TPSA) is 54.5 Å². The molecule has 1 atom stereocenters. The first-order valence-corrected chi connectivity index (χ1v) is 7.59. The molecule has 1 N–H and O–H groups in total. The Bertz CT molecular complexity index is 663. The van der Waals surface area contributed by atoms with Crippen LogP contribution in [0.25, 0.3) is 10.9 Å². The first kappa shape index (κ1) is 13.2. The van der Waals surface area contributed by atoms with Crippen LogP contribution in [-0.2, 0) is 16.0 Å². The molecule has 2 heterocycles. The zero-order chi connectivity index (χ0) is 13.9. The molecule has 0 aliphatic carbocycles. The second-order valence-electron chi connectivity index (χ2n) is 4.73. The highest BCUT2D eigenvalue weighted by Crippen LogP contribution is 2.24. The average molecular weight is 288 g/mol. The zero-order valence-electron chi connectivity index (χ0n) is 11.3. The minimum absolute atomic E-state index is 0.236. The number of methoxy groups -OCH3 is 1. The lowest BCUT2D eigenvalue weighted by molar-refractivity contribution is -0.141. The van der Waals surface area contributed by atoms with Crippen molar-refractivity contribution in [3.63, 3.8) is 0 Å². The van der Waals surface area contributed by atoms with Crippen molar-refractivity contribution in [1.29, 1.82) is 0 Å². The van der Waals surface area contributed by atoms with E-state index in [-0.39, 0.29) is 12.0 Å². The first-order valence-electron chi connectivity index (χ1n) is 6.60. The predicted molar refractivity (Wildman–Crippen MR) is 82.3 cm³/mol. The lowest BCUT2D eigenvalue weighted by Gasteiger charge is -2.01. The number of hydrogen-bond acceptors (Lipinski definition) is 4. The van der Waals surface area contributed by atoms with Gasteiger partial charge in [-0.05, 0) is 24.5 Å². The molecule has 1 aromatic heterocycles. The third-order valence-corrected chi connectivity index (χ3v) is 4.59. The highest BCUT2D eigenvalue weighted by Gasteiger charge is 2.25. The summed E-state index contributed by atoms with van der Waals surface area (Å²) in [7, 11) is 1.41. The molecule has 0 fully saturated rings. The van der Waals surface area contributed by atoms with Gasteiger partial charge in [-0.1, -0.05) is 18.2 Å². The van der Waals surface area contributed by atoms with Gasteiger partial charge in [0.1, 0.15) is 0 Å². The van der Waals surface area contributed by atoms with Crippen LogP contribution in [0.3, 0.4) is 0 Å². The van der Waals surface area contributed by atoms with Crippen molar-refractivity contribution in [3.05, 3.63) is 36.0 Å². The fourth-order valence-corrected chi connectivity index (χ4v) is 3.41. The predicted octanol–water partition coefficient (Wildman–Crippen LogP) is 2.79. The number of ether oxygens (including phenoxy) is 1. The molecule has 0 amide bonds. The molecular weight excluding hydrogens is 272 g/mol. The van der Waals surface area contributed by atoms with Gasteiger partial charge in [0.05, 0.1) is 12.2 Å². The van der Waals surface area contributed by atoms with Gasteiger partial charge >= 0.3 is 5.97 Å². The normalized spacial score (nSPS) is 18.2. The molecule has 3 rings (SSSR count). The lowest BCUT2D eigenvalue weighted by atomic mass is 10.1. The molecule has 5 heteroatoms. The van der Waals surface area contributed by atoms with Gasteiger partial charge in [-0.25, -0.2) is 4.79 Å². The maximum absolute atomic E-state index is 11.4. The molecule has 0 saturated heterocycles. The van der Waals surface area contributed by atoms with E-state index in [1.165, 1.54) is 18.1 Å². The van der Waals surface area contributed by atoms with E-state index in [9.17, 15) is 4.79 Å². The number of benzene rings is 1. The summed E-state index contributed by atoms with van der Waals surface area (Å²) in [5, 5.41) is 2.31. The summed E-state index contributed by atoms with van der Waals surface area (Å²) in [5.41, 5.74) is 2.46. The van der Waals surface area contributed by atoms with Gasteiger partial charge in [-0.15, -0.1) is 11.8 Å². The lowest BCUT2D eigenvalue weighted by Crippen LogP contribution is -2.19. The van der Waals surface area contributed by atoms with Crippen molar-refractivity contribution in [2.75, 3.05) is 12.9 Å². The van der Waals surface area contributed by atoms with E-state index in [1.807, 2.05) is 6.07 Å². The van der Waals surface area contributed by atoms with E-state index in [4.69, 9.17) is 4.74 Å². The number of aryl methyl sites for hydroxylation is 1. The smallest absolute Gasteiger partial charge is 0.331 e. The van der Waals surface area contributed by atoms with Crippen molar-refractivity contribution in [2.24, 2.45) is 4.99 Å². The number of nitrogens with one attached hydrogen (secondary N) is 1. The van der Waals surface area contributed by atoms with Crippen molar-refractivity contribution in [1.82, 2.24) is 4.98 Å². The summed E-state index contributed by atoms with van der Waals surface area (Å²) >= 11 is 1.66. The number of H-pyrrole nitrogens is 1. The molecule has 104 valence electrons. The summed E-state index contributed by atoms with van der Waals surface area (Å²) in [5.74, 6) is 0.468. The maximum Gasteiger partial charge on any atom is 0.331 e. The van der Waals surface area contributed by atoms with Gasteiger partial charge in [0.2, 0.25) is 0 Å². The van der Waals surface area contributed by atoms with E-state index in [0.29, 0.717) is 5.75 Å². The Morgan fingerprint density at radius 1 is 1.45 bits per heavy atom. The van der Waals surface area contributed by atoms with Crippen LogP contribution in [0, 0.1) is 0 Å². The third kappa shape index (κ3) is 2.58. The number of nitrogens with zero attached hydrogens (tertiary/aromatic N) is 1. The highest BCUT2D eigenvalue weighted by molar-refractivity contribution is 8.14. The van der Waals surface area contributed by atoms with Crippen LogP contribution in [0.1, 0.15) is 12.0 Å². The van der Waals surface area contributed by atoms with E-state index in [2.05, 4.69) is 34.4 Å². The van der Waals surface area contributed by atoms with E-state index < -0.39 is 0 Å². The average Bonchev–Trinajstić information content (AvgIpc) is 3.11. The van der Waals surface area contributed by atoms with Crippen molar-refractivity contribution in [3.8, 4) is 0 Å². The number of carbonyl (C=O) groups excluding carboxylic acids is 1. The number of thioether (sulfide) groups is 1. The summed E-state index contributed by atoms with van der Waals surface area (Å²) in [6.45, 7) is 0. The number of para-hydroxylation sites is 1. The monoisotopic (exact) mass is 288 g/mol. The van der Waals surface area contributed by atoms with Crippen LogP contribution in [0.2, 0.25) is 0 Å². The fraction of sp³-hybridized carbons (Fsp3) is 0.333. The first-order chi connectivity index (χ1) is 9.78. The zero-order valence-corrected chi connectivity index (χ0v) is 12.1. The minimum atomic E-state index is -0.317. The van der Waals surface area contributed by atoms with Crippen molar-refractivity contribution >= 4 is 33.7 Å². The minimum Gasteiger partial charge on any atom is -0.467 e. The molecule has 1 aliphatic heterocycles. The highest BCUT2D eigenvalue weighted by atomic mass is 32.2. The number of fused-ring (bicyclic) bond motifs is 1. The van der Waals surface area contributed by atoms with Gasteiger partial charge < -0.3 is 9.72 Å². The number of aliphatic imine (C=N–C) groups is 1. The molecule has 0 bridgehead atoms. The number of rotatable bonds is 4. The Hall–Kier alpha value is -1.75. The maximum atomic E-state index is 11.4. The fourth-order valence-electron chi connectivity index (χ4n) is 2.40. The quantitative estimate of drug-likeness (QED) is 0.880. The van der Waals surface area contributed by atoms with E-state index >= 15 is 0 Å². The van der Waals surface area contributed by atoms with E-state index in [1.54, 1.807) is 11.8 Å². The molecule has 0 radical (unpaired) electrons.